The number of nitrogens with one attached hydrogen (secondary N) is 2. The highest BCUT2D eigenvalue weighted by molar-refractivity contribution is 5.79. The third-order valence-electron chi connectivity index (χ3n) is 2.52. The summed E-state index contributed by atoms with van der Waals surface area (Å²) in [5.74, 6) is 0.654. The van der Waals surface area contributed by atoms with E-state index in [1.54, 1.807) is 24.3 Å². The molecular formula is C14H16N2O3. The number of carbonyl (C=O) groups excluding carboxylic acids is 1. The van der Waals surface area contributed by atoms with Crippen LogP contribution >= 0.6 is 0 Å². The van der Waals surface area contributed by atoms with Gasteiger partial charge in [-0.25, -0.2) is 4.79 Å². The molecule has 0 spiro atoms. The number of aliphatic carboxylic acids is 1. The smallest absolute Gasteiger partial charge is 0.314 e. The van der Waals surface area contributed by atoms with Crippen molar-refractivity contribution < 1.29 is 14.7 Å². The highest BCUT2D eigenvalue weighted by Gasteiger charge is 2.20. The fraction of sp³-hybridized carbons (Fsp3) is 0.286. The number of hydrogen-bond acceptors (Lipinski definition) is 2. The van der Waals surface area contributed by atoms with Crippen molar-refractivity contribution in [1.82, 2.24) is 10.6 Å². The Bertz CT molecular complexity index is 465. The minimum Gasteiger partial charge on any atom is -0.481 e. The molecule has 0 heterocycles. The number of carboxylic acids is 1. The van der Waals surface area contributed by atoms with Crippen molar-refractivity contribution >= 4 is 12.0 Å². The van der Waals surface area contributed by atoms with E-state index in [9.17, 15) is 9.59 Å². The van der Waals surface area contributed by atoms with Crippen LogP contribution in [0.4, 0.5) is 4.79 Å². The maximum atomic E-state index is 11.4. The van der Waals surface area contributed by atoms with Gasteiger partial charge in [-0.2, -0.15) is 0 Å². The molecule has 0 radical (unpaired) electrons. The maximum absolute atomic E-state index is 11.4. The van der Waals surface area contributed by atoms with Gasteiger partial charge in [0.2, 0.25) is 0 Å². The molecule has 0 fully saturated rings. The first-order valence-corrected chi connectivity index (χ1v) is 5.88. The van der Waals surface area contributed by atoms with Gasteiger partial charge in [0.15, 0.2) is 0 Å². The van der Waals surface area contributed by atoms with E-state index >= 15 is 0 Å². The summed E-state index contributed by atoms with van der Waals surface area (Å²) in [6, 6.07) is 8.35. The zero-order chi connectivity index (χ0) is 14.1. The molecule has 1 unspecified atom stereocenters. The lowest BCUT2D eigenvalue weighted by molar-refractivity contribution is -0.138. The Kier molecular flexibility index (Phi) is 5.96. The SMILES string of the molecule is C#CCCNC(=O)NCC(C(=O)O)c1ccccc1. The van der Waals surface area contributed by atoms with Gasteiger partial charge in [-0.05, 0) is 5.56 Å². The van der Waals surface area contributed by atoms with E-state index in [0.717, 1.165) is 0 Å². The fourth-order valence-electron chi connectivity index (χ4n) is 1.54. The van der Waals surface area contributed by atoms with E-state index < -0.39 is 17.9 Å². The summed E-state index contributed by atoms with van der Waals surface area (Å²) in [6.45, 7) is 0.395. The van der Waals surface area contributed by atoms with E-state index in [-0.39, 0.29) is 6.54 Å². The van der Waals surface area contributed by atoms with E-state index in [2.05, 4.69) is 16.6 Å². The number of urea groups is 1. The Morgan fingerprint density at radius 1 is 1.26 bits per heavy atom. The van der Waals surface area contributed by atoms with E-state index in [1.165, 1.54) is 0 Å². The van der Waals surface area contributed by atoms with Crippen LogP contribution < -0.4 is 10.6 Å². The topological polar surface area (TPSA) is 78.4 Å². The Balaban J connectivity index is 2.50. The van der Waals surface area contributed by atoms with Gasteiger partial charge >= 0.3 is 12.0 Å². The van der Waals surface area contributed by atoms with Gasteiger partial charge in [0.05, 0.1) is 5.92 Å². The number of carbonyl (C=O) groups is 2. The summed E-state index contributed by atoms with van der Waals surface area (Å²) in [4.78, 5) is 22.6. The minimum absolute atomic E-state index is 0.0290. The van der Waals surface area contributed by atoms with Crippen molar-refractivity contribution in [3.63, 3.8) is 0 Å². The standard InChI is InChI=1S/C14H16N2O3/c1-2-3-9-15-14(19)16-10-12(13(17)18)11-7-5-4-6-8-11/h1,4-8,12H,3,9-10H2,(H,17,18)(H2,15,16,19). The van der Waals surface area contributed by atoms with Crippen molar-refractivity contribution in [2.45, 2.75) is 12.3 Å². The number of terminal acetylenes is 1. The van der Waals surface area contributed by atoms with Crippen LogP contribution in [0.15, 0.2) is 30.3 Å². The largest absolute Gasteiger partial charge is 0.481 e. The molecule has 1 aromatic rings. The molecule has 0 aliphatic rings. The first-order valence-electron chi connectivity index (χ1n) is 5.88. The van der Waals surface area contributed by atoms with Crippen LogP contribution in [0.1, 0.15) is 17.9 Å². The van der Waals surface area contributed by atoms with Crippen LogP contribution in [0.25, 0.3) is 0 Å². The summed E-state index contributed by atoms with van der Waals surface area (Å²) in [6.07, 6.45) is 5.49. The molecule has 100 valence electrons. The molecule has 1 atom stereocenters. The molecular weight excluding hydrogens is 244 g/mol. The van der Waals surface area contributed by atoms with Crippen LogP contribution in [-0.2, 0) is 4.79 Å². The van der Waals surface area contributed by atoms with Crippen LogP contribution in [0.2, 0.25) is 0 Å². The predicted molar refractivity (Wildman–Crippen MR) is 71.7 cm³/mol. The second-order valence-electron chi connectivity index (χ2n) is 3.89. The Hall–Kier alpha value is -2.48. The molecule has 5 nitrogen and oxygen atoms in total. The average Bonchev–Trinajstić information content (AvgIpc) is 2.40. The van der Waals surface area contributed by atoms with Crippen molar-refractivity contribution in [3.05, 3.63) is 35.9 Å². The highest BCUT2D eigenvalue weighted by atomic mass is 16.4. The number of rotatable bonds is 6. The Labute approximate surface area is 112 Å². The Morgan fingerprint density at radius 2 is 1.95 bits per heavy atom. The second-order valence-corrected chi connectivity index (χ2v) is 3.89. The van der Waals surface area contributed by atoms with Gasteiger partial charge in [-0.3, -0.25) is 4.79 Å². The molecule has 19 heavy (non-hydrogen) atoms. The van der Waals surface area contributed by atoms with Crippen LogP contribution in [0, 0.1) is 12.3 Å². The molecule has 3 N–H and O–H groups in total. The zero-order valence-corrected chi connectivity index (χ0v) is 10.4. The van der Waals surface area contributed by atoms with E-state index in [0.29, 0.717) is 18.5 Å². The average molecular weight is 260 g/mol. The van der Waals surface area contributed by atoms with Crippen LogP contribution in [0.5, 0.6) is 0 Å². The van der Waals surface area contributed by atoms with Gasteiger partial charge in [0, 0.05) is 19.5 Å². The van der Waals surface area contributed by atoms with Crippen LogP contribution in [0.3, 0.4) is 0 Å². The monoisotopic (exact) mass is 260 g/mol. The summed E-state index contributed by atoms with van der Waals surface area (Å²) < 4.78 is 0. The molecule has 1 rings (SSSR count). The lowest BCUT2D eigenvalue weighted by Crippen LogP contribution is -2.39. The summed E-state index contributed by atoms with van der Waals surface area (Å²) in [5.41, 5.74) is 0.652. The number of hydrogen-bond donors (Lipinski definition) is 3. The third kappa shape index (κ3) is 5.13. The summed E-state index contributed by atoms with van der Waals surface area (Å²) in [7, 11) is 0. The maximum Gasteiger partial charge on any atom is 0.314 e. The minimum atomic E-state index is -0.977. The number of amides is 2. The van der Waals surface area contributed by atoms with Gasteiger partial charge in [0.1, 0.15) is 0 Å². The summed E-state index contributed by atoms with van der Waals surface area (Å²) >= 11 is 0. The quantitative estimate of drug-likeness (QED) is 0.531. The molecule has 1 aromatic carbocycles. The third-order valence-corrected chi connectivity index (χ3v) is 2.52. The van der Waals surface area contributed by atoms with Gasteiger partial charge in [-0.15, -0.1) is 12.3 Å². The number of benzene rings is 1. The summed E-state index contributed by atoms with van der Waals surface area (Å²) in [5, 5.41) is 14.2. The van der Waals surface area contributed by atoms with Gasteiger partial charge in [-0.1, -0.05) is 30.3 Å². The fourth-order valence-corrected chi connectivity index (χ4v) is 1.54. The lowest BCUT2D eigenvalue weighted by atomic mass is 9.99. The first-order chi connectivity index (χ1) is 9.15. The number of carboxylic acid groups (broad SMARTS) is 1. The van der Waals surface area contributed by atoms with Crippen molar-refractivity contribution in [1.29, 1.82) is 0 Å². The molecule has 0 saturated heterocycles. The van der Waals surface area contributed by atoms with Crippen LogP contribution in [-0.4, -0.2) is 30.2 Å². The molecule has 5 heteroatoms. The molecule has 0 bridgehead atoms. The van der Waals surface area contributed by atoms with Crippen molar-refractivity contribution in [2.75, 3.05) is 13.1 Å². The van der Waals surface area contributed by atoms with E-state index in [4.69, 9.17) is 11.5 Å². The molecule has 2 amide bonds. The molecule has 0 aliphatic carbocycles. The zero-order valence-electron chi connectivity index (χ0n) is 10.4. The highest BCUT2D eigenvalue weighted by Crippen LogP contribution is 2.14. The lowest BCUT2D eigenvalue weighted by Gasteiger charge is -2.14. The second kappa shape index (κ2) is 7.77. The first kappa shape index (κ1) is 14.6. The van der Waals surface area contributed by atoms with Crippen molar-refractivity contribution in [3.8, 4) is 12.3 Å². The molecule has 0 aliphatic heterocycles. The van der Waals surface area contributed by atoms with E-state index in [1.807, 2.05) is 6.07 Å². The normalized spacial score (nSPS) is 11.1. The Morgan fingerprint density at radius 3 is 2.53 bits per heavy atom. The van der Waals surface area contributed by atoms with Gasteiger partial charge in [0.25, 0.3) is 0 Å². The molecule has 0 aromatic heterocycles. The predicted octanol–water partition coefficient (Wildman–Crippen LogP) is 1.18. The molecule has 0 saturated carbocycles. The van der Waals surface area contributed by atoms with Gasteiger partial charge < -0.3 is 15.7 Å². The van der Waals surface area contributed by atoms with Crippen molar-refractivity contribution in [2.24, 2.45) is 0 Å².